The van der Waals surface area contributed by atoms with Crippen molar-refractivity contribution in [2.45, 2.75) is 20.4 Å². The van der Waals surface area contributed by atoms with E-state index in [4.69, 9.17) is 4.99 Å². The fourth-order valence-corrected chi connectivity index (χ4v) is 5.54. The molecule has 1 amide bonds. The van der Waals surface area contributed by atoms with Crippen LogP contribution in [0.3, 0.4) is 0 Å². The van der Waals surface area contributed by atoms with Gasteiger partial charge >= 0.3 is 0 Å². The van der Waals surface area contributed by atoms with Crippen LogP contribution in [0, 0.1) is 11.3 Å². The second-order valence-electron chi connectivity index (χ2n) is 7.32. The standard InChI is InChI=1S/C24H23N5OS2/c1-4-26-19-11-10-18(13-25)12-20(19)27-24-29(14-17-8-6-5-7-9-17)22(30)21(32-24)23-28(3)16(2)15-31-23/h5-12,15,26H,4,14H2,1-3H3/b23-21-,27-24-. The first-order chi connectivity index (χ1) is 15.5. The first kappa shape index (κ1) is 22.1. The summed E-state index contributed by atoms with van der Waals surface area (Å²) in [7, 11) is 1.97. The van der Waals surface area contributed by atoms with Crippen molar-refractivity contribution < 1.29 is 4.79 Å². The molecule has 1 N–H and O–H groups in total. The molecule has 8 heteroatoms. The SMILES string of the molecule is CCNc1ccc(C#N)cc1/N=C1\S/C(=C2\SC=C(C)N2C)C(=O)N1Cc1ccccc1. The minimum absolute atomic E-state index is 0.0588. The molecule has 0 radical (unpaired) electrons. The van der Waals surface area contributed by atoms with Crippen LogP contribution in [0.1, 0.15) is 25.0 Å². The molecule has 0 atom stereocenters. The summed E-state index contributed by atoms with van der Waals surface area (Å²) in [5.74, 6) is -0.0588. The predicted molar refractivity (Wildman–Crippen MR) is 133 cm³/mol. The van der Waals surface area contributed by atoms with E-state index in [0.717, 1.165) is 28.5 Å². The number of hydrogen-bond acceptors (Lipinski definition) is 7. The second kappa shape index (κ2) is 9.55. The van der Waals surface area contributed by atoms with Crippen molar-refractivity contribution in [2.75, 3.05) is 18.9 Å². The first-order valence-electron chi connectivity index (χ1n) is 10.2. The van der Waals surface area contributed by atoms with Gasteiger partial charge in [0.05, 0.1) is 34.6 Å². The molecule has 1 fully saturated rings. The zero-order valence-electron chi connectivity index (χ0n) is 18.1. The minimum Gasteiger partial charge on any atom is -0.384 e. The smallest absolute Gasteiger partial charge is 0.269 e. The average molecular weight is 462 g/mol. The molecular formula is C24H23N5OS2. The quantitative estimate of drug-likeness (QED) is 0.596. The van der Waals surface area contributed by atoms with Crippen LogP contribution >= 0.6 is 23.5 Å². The van der Waals surface area contributed by atoms with Gasteiger partial charge in [-0.15, -0.1) is 0 Å². The van der Waals surface area contributed by atoms with Crippen LogP contribution in [0.5, 0.6) is 0 Å². The lowest BCUT2D eigenvalue weighted by atomic mass is 10.2. The van der Waals surface area contributed by atoms with Gasteiger partial charge in [-0.1, -0.05) is 42.1 Å². The second-order valence-corrected chi connectivity index (χ2v) is 9.15. The van der Waals surface area contributed by atoms with E-state index in [1.165, 1.54) is 11.8 Å². The van der Waals surface area contributed by atoms with Gasteiger partial charge in [0.15, 0.2) is 5.17 Å². The summed E-state index contributed by atoms with van der Waals surface area (Å²) in [5.41, 5.74) is 4.13. The van der Waals surface area contributed by atoms with Crippen molar-refractivity contribution in [1.29, 1.82) is 5.26 Å². The maximum absolute atomic E-state index is 13.5. The number of allylic oxidation sites excluding steroid dienone is 1. The Balaban J connectivity index is 1.79. The maximum Gasteiger partial charge on any atom is 0.269 e. The van der Waals surface area contributed by atoms with E-state index in [-0.39, 0.29) is 5.91 Å². The highest BCUT2D eigenvalue weighted by Gasteiger charge is 2.38. The monoisotopic (exact) mass is 461 g/mol. The van der Waals surface area contributed by atoms with E-state index in [9.17, 15) is 10.1 Å². The summed E-state index contributed by atoms with van der Waals surface area (Å²) < 4.78 is 0. The topological polar surface area (TPSA) is 71.7 Å². The van der Waals surface area contributed by atoms with Gasteiger partial charge in [-0.3, -0.25) is 9.69 Å². The molecule has 0 aliphatic carbocycles. The molecule has 0 spiro atoms. The summed E-state index contributed by atoms with van der Waals surface area (Å²) in [5, 5.41) is 16.2. The predicted octanol–water partition coefficient (Wildman–Crippen LogP) is 5.46. The van der Waals surface area contributed by atoms with Gasteiger partial charge in [0.2, 0.25) is 0 Å². The van der Waals surface area contributed by atoms with Gasteiger partial charge in [0.1, 0.15) is 4.91 Å². The first-order valence-corrected chi connectivity index (χ1v) is 11.9. The minimum atomic E-state index is -0.0588. The molecule has 2 aliphatic rings. The molecule has 0 unspecified atom stereocenters. The number of nitrogens with one attached hydrogen (secondary N) is 1. The van der Waals surface area contributed by atoms with Crippen LogP contribution in [0.4, 0.5) is 11.4 Å². The Morgan fingerprint density at radius 3 is 2.62 bits per heavy atom. The molecular weight excluding hydrogens is 438 g/mol. The number of benzene rings is 2. The third-order valence-corrected chi connectivity index (χ3v) is 7.48. The number of rotatable bonds is 5. The van der Waals surface area contributed by atoms with Gasteiger partial charge in [-0.2, -0.15) is 5.26 Å². The van der Waals surface area contributed by atoms with Crippen molar-refractivity contribution >= 4 is 46.0 Å². The lowest BCUT2D eigenvalue weighted by molar-refractivity contribution is -0.122. The van der Waals surface area contributed by atoms with E-state index in [1.54, 1.807) is 28.8 Å². The number of amides is 1. The Morgan fingerprint density at radius 1 is 1.19 bits per heavy atom. The largest absolute Gasteiger partial charge is 0.384 e. The molecule has 162 valence electrons. The third-order valence-electron chi connectivity index (χ3n) is 5.13. The normalized spacial score (nSPS) is 19.5. The van der Waals surface area contributed by atoms with Gasteiger partial charge in [-0.05, 0) is 54.8 Å². The number of amidine groups is 1. The summed E-state index contributed by atoms with van der Waals surface area (Å²) in [6, 6.07) is 17.4. The number of nitrogens with zero attached hydrogens (tertiary/aromatic N) is 4. The summed E-state index contributed by atoms with van der Waals surface area (Å²) in [6.45, 7) is 5.19. The highest BCUT2D eigenvalue weighted by atomic mass is 32.2. The number of aliphatic imine (C=N–C) groups is 1. The molecule has 2 heterocycles. The summed E-state index contributed by atoms with van der Waals surface area (Å²) in [4.78, 5) is 22.8. The Labute approximate surface area is 196 Å². The zero-order chi connectivity index (χ0) is 22.7. The lowest BCUT2D eigenvalue weighted by Gasteiger charge is -2.17. The van der Waals surface area contributed by atoms with Gasteiger partial charge in [0.25, 0.3) is 5.91 Å². The Bertz CT molecular complexity index is 1180. The van der Waals surface area contributed by atoms with Gasteiger partial charge < -0.3 is 10.2 Å². The van der Waals surface area contributed by atoms with Crippen LogP contribution < -0.4 is 5.32 Å². The van der Waals surface area contributed by atoms with Crippen LogP contribution in [-0.4, -0.2) is 34.5 Å². The van der Waals surface area contributed by atoms with Gasteiger partial charge in [-0.25, -0.2) is 4.99 Å². The van der Waals surface area contributed by atoms with E-state index in [2.05, 4.69) is 11.4 Å². The maximum atomic E-state index is 13.5. The highest BCUT2D eigenvalue weighted by Crippen LogP contribution is 2.44. The third kappa shape index (κ3) is 4.40. The molecule has 2 aromatic rings. The number of carbonyl (C=O) groups excluding carboxylic acids is 1. The van der Waals surface area contributed by atoms with Crippen molar-refractivity contribution in [1.82, 2.24) is 9.80 Å². The lowest BCUT2D eigenvalue weighted by Crippen LogP contribution is -2.29. The Kier molecular flexibility index (Phi) is 6.58. The number of hydrogen-bond donors (Lipinski definition) is 1. The number of carbonyl (C=O) groups is 1. The van der Waals surface area contributed by atoms with E-state index >= 15 is 0 Å². The number of thioether (sulfide) groups is 2. The molecule has 1 saturated heterocycles. The highest BCUT2D eigenvalue weighted by molar-refractivity contribution is 8.19. The Morgan fingerprint density at radius 2 is 1.97 bits per heavy atom. The average Bonchev–Trinajstić information content (AvgIpc) is 3.29. The molecule has 2 aromatic carbocycles. The number of anilines is 1. The van der Waals surface area contributed by atoms with Crippen molar-refractivity contribution in [3.8, 4) is 6.07 Å². The molecule has 0 bridgehead atoms. The fraction of sp³-hybridized carbons (Fsp3) is 0.208. The van der Waals surface area contributed by atoms with Crippen molar-refractivity contribution in [3.63, 3.8) is 0 Å². The number of nitriles is 1. The Hall–Kier alpha value is -3.15. The summed E-state index contributed by atoms with van der Waals surface area (Å²) in [6.07, 6.45) is 0. The van der Waals surface area contributed by atoms with E-state index < -0.39 is 0 Å². The fourth-order valence-electron chi connectivity index (χ4n) is 3.33. The molecule has 2 aliphatic heterocycles. The van der Waals surface area contributed by atoms with Crippen LogP contribution in [-0.2, 0) is 11.3 Å². The molecule has 4 rings (SSSR count). The van der Waals surface area contributed by atoms with Crippen molar-refractivity contribution in [3.05, 3.63) is 80.7 Å². The summed E-state index contributed by atoms with van der Waals surface area (Å²) >= 11 is 2.94. The molecule has 6 nitrogen and oxygen atoms in total. The van der Waals surface area contributed by atoms with Crippen molar-refractivity contribution in [2.24, 2.45) is 4.99 Å². The zero-order valence-corrected chi connectivity index (χ0v) is 19.8. The molecule has 0 aromatic heterocycles. The van der Waals surface area contributed by atoms with Gasteiger partial charge in [0, 0.05) is 19.3 Å². The molecule has 32 heavy (non-hydrogen) atoms. The van der Waals surface area contributed by atoms with E-state index in [0.29, 0.717) is 27.9 Å². The molecule has 0 saturated carbocycles. The van der Waals surface area contributed by atoms with E-state index in [1.807, 2.05) is 67.6 Å². The van der Waals surface area contributed by atoms with Crippen LogP contribution in [0.25, 0.3) is 0 Å². The van der Waals surface area contributed by atoms with Crippen LogP contribution in [0.15, 0.2) is 74.6 Å². The van der Waals surface area contributed by atoms with Crippen LogP contribution in [0.2, 0.25) is 0 Å².